The quantitative estimate of drug-likeness (QED) is 0.348. The molecule has 2 nitrogen and oxygen atoms in total. The van der Waals surface area contributed by atoms with Gasteiger partial charge in [0.25, 0.3) is 0 Å². The Morgan fingerprint density at radius 3 is 2.30 bits per heavy atom. The molecule has 0 N–H and O–H groups in total. The topological polar surface area (TPSA) is 18.5 Å². The van der Waals surface area contributed by atoms with Crippen LogP contribution in [0.2, 0.25) is 23.2 Å². The predicted octanol–water partition coefficient (Wildman–Crippen LogP) is 5.55. The Kier molecular flexibility index (Phi) is 5.57. The lowest BCUT2D eigenvalue weighted by Crippen LogP contribution is -2.54. The molecular weight excluding hydrogens is 324 g/mol. The highest BCUT2D eigenvalue weighted by Gasteiger charge is 2.51. The average Bonchev–Trinajstić information content (AvgIpc) is 2.44. The van der Waals surface area contributed by atoms with Crippen LogP contribution in [-0.2, 0) is 9.47 Å². The fourth-order valence-electron chi connectivity index (χ4n) is 3.62. The zero-order chi connectivity index (χ0) is 17.5. The maximum atomic E-state index is 6.44. The van der Waals surface area contributed by atoms with E-state index in [1.54, 1.807) is 0 Å². The van der Waals surface area contributed by atoms with Gasteiger partial charge in [-0.05, 0) is 34.1 Å². The summed E-state index contributed by atoms with van der Waals surface area (Å²) < 4.78 is 12.9. The first-order valence-corrected chi connectivity index (χ1v) is 12.2. The van der Waals surface area contributed by atoms with E-state index in [9.17, 15) is 0 Å². The minimum Gasteiger partial charge on any atom is -0.373 e. The van der Waals surface area contributed by atoms with E-state index in [1.807, 2.05) is 0 Å². The molecule has 0 spiro atoms. The van der Waals surface area contributed by atoms with Crippen LogP contribution in [0.4, 0.5) is 0 Å². The second kappa shape index (κ2) is 6.66. The lowest BCUT2D eigenvalue weighted by molar-refractivity contribution is -0.000218. The first-order valence-electron chi connectivity index (χ1n) is 8.70. The smallest absolute Gasteiger partial charge is 0.102 e. The van der Waals surface area contributed by atoms with Crippen molar-refractivity contribution >= 4 is 19.7 Å². The van der Waals surface area contributed by atoms with Gasteiger partial charge in [0, 0.05) is 5.88 Å². The summed E-state index contributed by atoms with van der Waals surface area (Å²) in [7, 11) is -1.62. The van der Waals surface area contributed by atoms with E-state index in [-0.39, 0.29) is 22.3 Å². The molecule has 0 radical (unpaired) electrons. The van der Waals surface area contributed by atoms with Crippen LogP contribution in [-0.4, -0.2) is 39.4 Å². The van der Waals surface area contributed by atoms with Crippen molar-refractivity contribution in [1.29, 1.82) is 0 Å². The summed E-state index contributed by atoms with van der Waals surface area (Å²) in [6.45, 7) is 20.2. The third-order valence-corrected chi connectivity index (χ3v) is 13.9. The highest BCUT2D eigenvalue weighted by molar-refractivity contribution is 6.83. The molecule has 1 aliphatic carbocycles. The Hall–Kier alpha value is -0.0931. The van der Waals surface area contributed by atoms with Gasteiger partial charge in [-0.2, -0.15) is 0 Å². The van der Waals surface area contributed by atoms with Crippen LogP contribution in [0.25, 0.3) is 0 Å². The molecule has 0 aromatic rings. The number of hydrogen-bond acceptors (Lipinski definition) is 2. The van der Waals surface area contributed by atoms with E-state index < -0.39 is 8.07 Å². The number of fused-ring (bicyclic) bond motifs is 2. The summed E-state index contributed by atoms with van der Waals surface area (Å²) in [5.74, 6) is 0.495. The maximum absolute atomic E-state index is 6.44. The monoisotopic (exact) mass is 356 g/mol. The molecule has 2 atom stereocenters. The number of alkyl halides is 1. The SMILES string of the molecule is C=C1CCC2OCC(C)(C)[Si](C)(C)C(C)(C)COC1C2=CCCl. The lowest BCUT2D eigenvalue weighted by atomic mass is 9.85. The van der Waals surface area contributed by atoms with Gasteiger partial charge in [0.2, 0.25) is 0 Å². The average molecular weight is 357 g/mol. The summed E-state index contributed by atoms with van der Waals surface area (Å²) in [5.41, 5.74) is 2.35. The van der Waals surface area contributed by atoms with Crippen molar-refractivity contribution in [2.24, 2.45) is 0 Å². The van der Waals surface area contributed by atoms with Crippen molar-refractivity contribution in [2.75, 3.05) is 19.1 Å². The van der Waals surface area contributed by atoms with Crippen molar-refractivity contribution < 1.29 is 9.47 Å². The Morgan fingerprint density at radius 2 is 1.74 bits per heavy atom. The van der Waals surface area contributed by atoms with Crippen LogP contribution in [0.3, 0.4) is 0 Å². The molecule has 2 rings (SSSR count). The molecule has 0 aromatic heterocycles. The van der Waals surface area contributed by atoms with Crippen molar-refractivity contribution in [3.05, 3.63) is 23.8 Å². The molecule has 2 aliphatic rings. The van der Waals surface area contributed by atoms with Gasteiger partial charge in [-0.15, -0.1) is 11.6 Å². The Balaban J connectivity index is 2.41. The first-order chi connectivity index (χ1) is 10.5. The van der Waals surface area contributed by atoms with Crippen LogP contribution < -0.4 is 0 Å². The summed E-state index contributed by atoms with van der Waals surface area (Å²) in [6.07, 6.45) is 4.12. The fraction of sp³-hybridized carbons (Fsp3) is 0.789. The minimum absolute atomic E-state index is 0.0298. The van der Waals surface area contributed by atoms with Crippen LogP contribution >= 0.6 is 11.6 Å². The molecule has 1 saturated heterocycles. The number of rotatable bonds is 1. The van der Waals surface area contributed by atoms with Crippen LogP contribution in [0.15, 0.2) is 23.8 Å². The normalized spacial score (nSPS) is 35.1. The van der Waals surface area contributed by atoms with E-state index in [1.165, 1.54) is 5.57 Å². The zero-order valence-corrected chi connectivity index (χ0v) is 17.4. The van der Waals surface area contributed by atoms with E-state index in [0.717, 1.165) is 31.6 Å². The second-order valence-corrected chi connectivity index (χ2v) is 15.2. The van der Waals surface area contributed by atoms with E-state index in [4.69, 9.17) is 21.1 Å². The Labute approximate surface area is 148 Å². The van der Waals surface area contributed by atoms with Crippen LogP contribution in [0.5, 0.6) is 0 Å². The lowest BCUT2D eigenvalue weighted by Gasteiger charge is -2.52. The number of hydrogen-bond donors (Lipinski definition) is 0. The van der Waals surface area contributed by atoms with Gasteiger partial charge in [-0.25, -0.2) is 0 Å². The van der Waals surface area contributed by atoms with Crippen molar-refractivity contribution in [1.82, 2.24) is 0 Å². The summed E-state index contributed by atoms with van der Waals surface area (Å²) >= 11 is 6.01. The van der Waals surface area contributed by atoms with Gasteiger partial charge >= 0.3 is 0 Å². The Bertz CT molecular complexity index is 494. The van der Waals surface area contributed by atoms with Crippen molar-refractivity contribution in [3.63, 3.8) is 0 Å². The highest BCUT2D eigenvalue weighted by atomic mass is 35.5. The largest absolute Gasteiger partial charge is 0.373 e. The molecule has 1 heterocycles. The molecular formula is C19H33ClO2Si. The molecule has 2 fully saturated rings. The minimum atomic E-state index is -1.62. The molecule has 2 bridgehead atoms. The summed E-state index contributed by atoms with van der Waals surface area (Å²) in [5, 5.41) is 0.351. The molecule has 2 unspecified atom stereocenters. The highest BCUT2D eigenvalue weighted by Crippen LogP contribution is 2.53. The number of allylic oxidation sites excluding steroid dienone is 1. The van der Waals surface area contributed by atoms with E-state index in [2.05, 4.69) is 53.4 Å². The molecule has 23 heavy (non-hydrogen) atoms. The fourth-order valence-corrected chi connectivity index (χ4v) is 6.52. The van der Waals surface area contributed by atoms with E-state index in [0.29, 0.717) is 5.88 Å². The standard InChI is InChI=1S/C19H33ClO2Si/c1-14-8-9-16-15(10-11-20)17(14)22-13-19(4,5)23(6,7)18(2,3)12-21-16/h10,16-17H,1,8-9,11-13H2,2-7H3. The predicted molar refractivity (Wildman–Crippen MR) is 102 cm³/mol. The van der Waals surface area contributed by atoms with Crippen LogP contribution in [0, 0.1) is 0 Å². The maximum Gasteiger partial charge on any atom is 0.102 e. The molecule has 0 aromatic carbocycles. The third-order valence-electron chi connectivity index (χ3n) is 6.73. The first kappa shape index (κ1) is 19.2. The molecule has 1 aliphatic heterocycles. The molecule has 4 heteroatoms. The number of halogens is 1. The van der Waals surface area contributed by atoms with Crippen LogP contribution in [0.1, 0.15) is 40.5 Å². The van der Waals surface area contributed by atoms with Crippen molar-refractivity contribution in [3.8, 4) is 0 Å². The van der Waals surface area contributed by atoms with Gasteiger partial charge in [-0.1, -0.05) is 53.4 Å². The molecule has 1 saturated carbocycles. The Morgan fingerprint density at radius 1 is 1.17 bits per heavy atom. The zero-order valence-electron chi connectivity index (χ0n) is 15.7. The third kappa shape index (κ3) is 3.49. The van der Waals surface area contributed by atoms with Gasteiger partial charge in [0.1, 0.15) is 6.10 Å². The van der Waals surface area contributed by atoms with Crippen molar-refractivity contribution in [2.45, 2.75) is 75.9 Å². The number of ether oxygens (including phenoxy) is 2. The molecule has 0 amide bonds. The van der Waals surface area contributed by atoms with Gasteiger partial charge in [0.05, 0.1) is 27.4 Å². The van der Waals surface area contributed by atoms with E-state index >= 15 is 0 Å². The van der Waals surface area contributed by atoms with Gasteiger partial charge in [-0.3, -0.25) is 0 Å². The van der Waals surface area contributed by atoms with Gasteiger partial charge < -0.3 is 9.47 Å². The second-order valence-electron chi connectivity index (χ2n) is 8.94. The molecule has 132 valence electrons. The summed E-state index contributed by atoms with van der Waals surface area (Å²) in [4.78, 5) is 0. The summed E-state index contributed by atoms with van der Waals surface area (Å²) in [6, 6.07) is 0. The van der Waals surface area contributed by atoms with Gasteiger partial charge in [0.15, 0.2) is 0 Å².